The Morgan fingerprint density at radius 2 is 0.663 bits per heavy atom. The quantitative estimate of drug-likeness (QED) is 0.0199. The van der Waals surface area contributed by atoms with Crippen LogP contribution in [0.15, 0.2) is 72.9 Å². The Hall–Kier alpha value is -2.77. The van der Waals surface area contributed by atoms with Crippen LogP contribution >= 0.6 is 0 Å². The summed E-state index contributed by atoms with van der Waals surface area (Å²) in [7, 11) is 0. The topological polar surface area (TPSA) is 307 Å². The van der Waals surface area contributed by atoms with E-state index in [1.54, 1.807) is 6.08 Å². The fraction of sp³-hybridized carbons (Fsp3) is 0.847. The lowest BCUT2D eigenvalue weighted by atomic mass is 9.96. The predicted molar refractivity (Wildman–Crippen MR) is 415 cm³/mol. The molecule has 606 valence electrons. The molecule has 3 heterocycles. The van der Waals surface area contributed by atoms with E-state index >= 15 is 0 Å². The minimum atomic E-state index is -1.98. The van der Waals surface area contributed by atoms with Crippen molar-refractivity contribution in [2.75, 3.05) is 26.4 Å². The Morgan fingerprint density at radius 3 is 1.04 bits per heavy atom. The largest absolute Gasteiger partial charge is 0.394 e. The summed E-state index contributed by atoms with van der Waals surface area (Å²) in [6, 6.07) is -0.975. The Kier molecular flexibility index (Phi) is 59.6. The van der Waals surface area contributed by atoms with Crippen molar-refractivity contribution in [1.29, 1.82) is 0 Å². The maximum Gasteiger partial charge on any atom is 0.220 e. The van der Waals surface area contributed by atoms with Gasteiger partial charge < -0.3 is 89.9 Å². The molecule has 3 aliphatic heterocycles. The maximum absolute atomic E-state index is 13.5. The van der Waals surface area contributed by atoms with Crippen molar-refractivity contribution >= 4 is 5.91 Å². The average Bonchev–Trinajstić information content (AvgIpc) is 0.783. The summed E-state index contributed by atoms with van der Waals surface area (Å²) in [4.78, 5) is 13.5. The Bertz CT molecular complexity index is 2160. The third-order valence-electron chi connectivity index (χ3n) is 20.8. The molecule has 19 nitrogen and oxygen atoms in total. The lowest BCUT2D eigenvalue weighted by Gasteiger charge is -2.48. The summed E-state index contributed by atoms with van der Waals surface area (Å²) in [6.07, 6.45) is 58.9. The number of unbranched alkanes of at least 4 members (excludes halogenated alkanes) is 41. The van der Waals surface area contributed by atoms with Gasteiger partial charge in [0.2, 0.25) is 5.91 Å². The van der Waals surface area contributed by atoms with E-state index in [0.29, 0.717) is 6.42 Å². The lowest BCUT2D eigenvalue weighted by Crippen LogP contribution is -2.66. The summed E-state index contributed by atoms with van der Waals surface area (Å²) in [5.74, 6) is -0.271. The van der Waals surface area contributed by atoms with Crippen LogP contribution in [0.3, 0.4) is 0 Å². The molecule has 0 aliphatic carbocycles. The van der Waals surface area contributed by atoms with Crippen LogP contribution in [0.25, 0.3) is 0 Å². The number of rotatable bonds is 67. The monoisotopic (exact) mass is 1480 g/mol. The molecular weight excluding hydrogens is 1320 g/mol. The molecule has 0 aromatic carbocycles. The van der Waals surface area contributed by atoms with E-state index in [2.05, 4.69) is 79.9 Å². The molecule has 12 N–H and O–H groups in total. The van der Waals surface area contributed by atoms with E-state index in [0.717, 1.165) is 77.0 Å². The number of allylic oxidation sites excluding steroid dienone is 11. The number of hydrogen-bond acceptors (Lipinski definition) is 18. The molecule has 3 rings (SSSR count). The third kappa shape index (κ3) is 44.2. The SMILES string of the molecule is CC/C=C\C/C=C\C/C=C\C/C=C\C/C=C\CCCCCCCCCCCCCCCCCCCCCCCC(=O)NC(COC1OC(CO)C(OC2OC(CO)C(OC3OC(CO)C(O)C(O)C3O)C(O)C2O)C(O)C1O)C(O)/C=C/CCCCCCCCCCCCCCCCCCCCCC. The van der Waals surface area contributed by atoms with Gasteiger partial charge in [-0.3, -0.25) is 4.79 Å². The number of hydrogen-bond donors (Lipinski definition) is 12. The second kappa shape index (κ2) is 65.0. The van der Waals surface area contributed by atoms with Crippen molar-refractivity contribution in [2.24, 2.45) is 0 Å². The van der Waals surface area contributed by atoms with E-state index < -0.39 is 124 Å². The van der Waals surface area contributed by atoms with Crippen LogP contribution in [0.5, 0.6) is 0 Å². The van der Waals surface area contributed by atoms with Crippen LogP contribution in [0.2, 0.25) is 0 Å². The predicted octanol–water partition coefficient (Wildman–Crippen LogP) is 14.8. The molecular formula is C85H153NO18. The number of carbonyl (C=O) groups is 1. The van der Waals surface area contributed by atoms with Gasteiger partial charge in [0.25, 0.3) is 0 Å². The number of amides is 1. The highest BCUT2D eigenvalue weighted by atomic mass is 16.8. The molecule has 0 spiro atoms. The molecule has 19 heteroatoms. The Labute approximate surface area is 629 Å². The fourth-order valence-electron chi connectivity index (χ4n) is 14.0. The number of nitrogens with one attached hydrogen (secondary N) is 1. The van der Waals surface area contributed by atoms with Crippen molar-refractivity contribution in [3.05, 3.63) is 72.9 Å². The van der Waals surface area contributed by atoms with Gasteiger partial charge in [-0.15, -0.1) is 0 Å². The van der Waals surface area contributed by atoms with Gasteiger partial charge in [-0.2, -0.15) is 0 Å². The summed E-state index contributed by atoms with van der Waals surface area (Å²) < 4.78 is 34.5. The van der Waals surface area contributed by atoms with Crippen molar-refractivity contribution < 1.29 is 89.4 Å². The highest BCUT2D eigenvalue weighted by Crippen LogP contribution is 2.33. The van der Waals surface area contributed by atoms with Gasteiger partial charge in [0.15, 0.2) is 18.9 Å². The van der Waals surface area contributed by atoms with Crippen LogP contribution in [0, 0.1) is 0 Å². The van der Waals surface area contributed by atoms with Gasteiger partial charge in [-0.25, -0.2) is 0 Å². The Balaban J connectivity index is 1.33. The molecule has 0 aromatic heterocycles. The molecule has 0 bridgehead atoms. The molecule has 17 atom stereocenters. The number of aliphatic hydroxyl groups is 11. The third-order valence-corrected chi connectivity index (χ3v) is 20.8. The van der Waals surface area contributed by atoms with Crippen LogP contribution in [0.1, 0.15) is 328 Å². The fourth-order valence-corrected chi connectivity index (χ4v) is 14.0. The van der Waals surface area contributed by atoms with Gasteiger partial charge in [-0.05, 0) is 64.2 Å². The number of aliphatic hydroxyl groups excluding tert-OH is 11. The summed E-state index contributed by atoms with van der Waals surface area (Å²) in [6.45, 7) is 1.67. The van der Waals surface area contributed by atoms with Crippen LogP contribution in [-0.4, -0.2) is 193 Å². The second-order valence-corrected chi connectivity index (χ2v) is 29.9. The zero-order valence-corrected chi connectivity index (χ0v) is 65.0. The van der Waals surface area contributed by atoms with Crippen molar-refractivity contribution in [3.8, 4) is 0 Å². The number of carbonyl (C=O) groups excluding carboxylic acids is 1. The molecule has 1 amide bonds. The summed E-state index contributed by atoms with van der Waals surface area (Å²) in [5.41, 5.74) is 0. The molecule has 0 aromatic rings. The first-order chi connectivity index (χ1) is 50.8. The summed E-state index contributed by atoms with van der Waals surface area (Å²) in [5, 5.41) is 121. The van der Waals surface area contributed by atoms with Gasteiger partial charge >= 0.3 is 0 Å². The van der Waals surface area contributed by atoms with E-state index in [1.807, 2.05) is 6.08 Å². The minimum Gasteiger partial charge on any atom is -0.394 e. The second-order valence-electron chi connectivity index (χ2n) is 29.9. The Morgan fingerprint density at radius 1 is 0.356 bits per heavy atom. The molecule has 3 saturated heterocycles. The zero-order chi connectivity index (χ0) is 75.3. The van der Waals surface area contributed by atoms with Crippen LogP contribution < -0.4 is 5.32 Å². The highest BCUT2D eigenvalue weighted by Gasteiger charge is 2.54. The molecule has 3 aliphatic rings. The highest BCUT2D eigenvalue weighted by molar-refractivity contribution is 5.76. The molecule has 17 unspecified atom stereocenters. The van der Waals surface area contributed by atoms with E-state index in [-0.39, 0.29) is 18.9 Å². The van der Waals surface area contributed by atoms with Crippen molar-refractivity contribution in [1.82, 2.24) is 5.32 Å². The average molecular weight is 1480 g/mol. The van der Waals surface area contributed by atoms with E-state index in [9.17, 15) is 61.0 Å². The summed E-state index contributed by atoms with van der Waals surface area (Å²) >= 11 is 0. The lowest BCUT2D eigenvalue weighted by molar-refractivity contribution is -0.379. The van der Waals surface area contributed by atoms with Crippen molar-refractivity contribution in [2.45, 2.75) is 433 Å². The number of ether oxygens (including phenoxy) is 6. The standard InChI is InChI=1S/C85H153NO18/c1-3-5-7-9-11-13-15-17-19-21-23-25-27-28-29-30-31-32-33-34-35-36-37-38-39-40-41-43-45-47-49-51-53-55-57-59-61-63-73(91)86-68(69(90)62-60-58-56-54-52-50-48-46-44-42-26-24-22-20-18-16-14-12-10-8-6-4-2)67-99-83-79(97)76(94)81(71(65-88)101-83)104-85-80(98)77(95)82(72(66-89)102-85)103-84-78(96)75(93)74(92)70(64-87)100-84/h5,7,11,13,17,19,23,25,28-29,60,62,68-72,74-85,87-90,92-98H,3-4,6,8-10,12,14-16,18,20-22,24,26-27,30-59,61,63-67H2,1-2H3,(H,86,91)/b7-5-,13-11-,19-17-,25-23-,29-28-,62-60+. The first-order valence-corrected chi connectivity index (χ1v) is 42.2. The van der Waals surface area contributed by atoms with Gasteiger partial charge in [-0.1, -0.05) is 331 Å². The first-order valence-electron chi connectivity index (χ1n) is 42.2. The van der Waals surface area contributed by atoms with Gasteiger partial charge in [0, 0.05) is 6.42 Å². The molecule has 3 fully saturated rings. The molecule has 0 radical (unpaired) electrons. The van der Waals surface area contributed by atoms with Gasteiger partial charge in [0.1, 0.15) is 73.2 Å². The smallest absolute Gasteiger partial charge is 0.220 e. The maximum atomic E-state index is 13.5. The van der Waals surface area contributed by atoms with E-state index in [1.165, 1.54) is 225 Å². The van der Waals surface area contributed by atoms with Crippen LogP contribution in [0.4, 0.5) is 0 Å². The van der Waals surface area contributed by atoms with Crippen LogP contribution in [-0.2, 0) is 33.2 Å². The normalized spacial score (nSPS) is 26.3. The minimum absolute atomic E-state index is 0.245. The zero-order valence-electron chi connectivity index (χ0n) is 65.0. The molecule has 0 saturated carbocycles. The van der Waals surface area contributed by atoms with E-state index in [4.69, 9.17) is 28.4 Å². The van der Waals surface area contributed by atoms with Gasteiger partial charge in [0.05, 0.1) is 38.6 Å². The first kappa shape index (κ1) is 95.4. The van der Waals surface area contributed by atoms with Crippen molar-refractivity contribution in [3.63, 3.8) is 0 Å². The molecule has 104 heavy (non-hydrogen) atoms.